The highest BCUT2D eigenvalue weighted by atomic mass is 14.1. The van der Waals surface area contributed by atoms with Gasteiger partial charge in [0.25, 0.3) is 0 Å². The first-order valence-electron chi connectivity index (χ1n) is 7.36. The van der Waals surface area contributed by atoms with Crippen molar-refractivity contribution in [3.8, 4) is 0 Å². The largest absolute Gasteiger partial charge is 0.0654 e. The lowest BCUT2D eigenvalue weighted by atomic mass is 9.92. The molecule has 0 saturated heterocycles. The number of aryl methyl sites for hydroxylation is 2. The Morgan fingerprint density at radius 2 is 1.61 bits per heavy atom. The van der Waals surface area contributed by atoms with Crippen LogP contribution in [0.25, 0.3) is 10.8 Å². The van der Waals surface area contributed by atoms with Gasteiger partial charge in [0.15, 0.2) is 0 Å². The summed E-state index contributed by atoms with van der Waals surface area (Å²) in [6, 6.07) is 13.4. The van der Waals surface area contributed by atoms with Crippen LogP contribution in [0.15, 0.2) is 36.4 Å². The number of rotatable bonds is 6. The van der Waals surface area contributed by atoms with Gasteiger partial charge in [-0.05, 0) is 41.2 Å². The lowest BCUT2D eigenvalue weighted by Gasteiger charge is -2.12. The lowest BCUT2D eigenvalue weighted by molar-refractivity contribution is 0.714. The Morgan fingerprint density at radius 1 is 0.778 bits per heavy atom. The van der Waals surface area contributed by atoms with E-state index in [9.17, 15) is 0 Å². The van der Waals surface area contributed by atoms with E-state index in [0.29, 0.717) is 0 Å². The van der Waals surface area contributed by atoms with Gasteiger partial charge in [0, 0.05) is 0 Å². The SMILES string of the molecule is CCCCCc1c(CCC)ccc2ccccc12. The van der Waals surface area contributed by atoms with Crippen molar-refractivity contribution in [2.24, 2.45) is 0 Å². The van der Waals surface area contributed by atoms with Gasteiger partial charge in [-0.25, -0.2) is 0 Å². The summed E-state index contributed by atoms with van der Waals surface area (Å²) in [4.78, 5) is 0. The van der Waals surface area contributed by atoms with Crippen molar-refractivity contribution in [1.29, 1.82) is 0 Å². The molecule has 0 unspecified atom stereocenters. The molecule has 18 heavy (non-hydrogen) atoms. The molecule has 2 rings (SSSR count). The van der Waals surface area contributed by atoms with E-state index in [4.69, 9.17) is 0 Å². The van der Waals surface area contributed by atoms with Gasteiger partial charge in [-0.2, -0.15) is 0 Å². The Kier molecular flexibility index (Phi) is 4.81. The van der Waals surface area contributed by atoms with Crippen molar-refractivity contribution in [1.82, 2.24) is 0 Å². The van der Waals surface area contributed by atoms with Crippen LogP contribution >= 0.6 is 0 Å². The molecule has 0 spiro atoms. The molecule has 2 aromatic rings. The van der Waals surface area contributed by atoms with Crippen molar-refractivity contribution in [2.45, 2.75) is 52.4 Å². The van der Waals surface area contributed by atoms with E-state index in [1.165, 1.54) is 49.3 Å². The Morgan fingerprint density at radius 3 is 2.39 bits per heavy atom. The molecule has 0 heteroatoms. The lowest BCUT2D eigenvalue weighted by Crippen LogP contribution is -1.96. The topological polar surface area (TPSA) is 0 Å². The van der Waals surface area contributed by atoms with Crippen LogP contribution in [0.3, 0.4) is 0 Å². The molecule has 0 heterocycles. The zero-order valence-electron chi connectivity index (χ0n) is 11.7. The molecule has 0 radical (unpaired) electrons. The minimum atomic E-state index is 1.21. The van der Waals surface area contributed by atoms with Crippen LogP contribution in [-0.2, 0) is 12.8 Å². The second kappa shape index (κ2) is 6.58. The highest BCUT2D eigenvalue weighted by Crippen LogP contribution is 2.25. The van der Waals surface area contributed by atoms with Gasteiger partial charge >= 0.3 is 0 Å². The molecule has 0 atom stereocenters. The average Bonchev–Trinajstić information content (AvgIpc) is 2.41. The third kappa shape index (κ3) is 2.93. The van der Waals surface area contributed by atoms with E-state index in [-0.39, 0.29) is 0 Å². The second-order valence-electron chi connectivity index (χ2n) is 5.13. The molecule has 0 amide bonds. The summed E-state index contributed by atoms with van der Waals surface area (Å²) in [6.45, 7) is 4.54. The Bertz CT molecular complexity index is 496. The molecule has 0 aliphatic carbocycles. The van der Waals surface area contributed by atoms with Gasteiger partial charge in [-0.1, -0.05) is 69.5 Å². The van der Waals surface area contributed by atoms with Gasteiger partial charge < -0.3 is 0 Å². The second-order valence-corrected chi connectivity index (χ2v) is 5.13. The Hall–Kier alpha value is -1.30. The molecule has 0 aliphatic rings. The maximum Gasteiger partial charge on any atom is -0.0149 e. The summed E-state index contributed by atoms with van der Waals surface area (Å²) in [6.07, 6.45) is 7.65. The third-order valence-corrected chi connectivity index (χ3v) is 3.69. The molecule has 0 bridgehead atoms. The van der Waals surface area contributed by atoms with Crippen LogP contribution < -0.4 is 0 Å². The third-order valence-electron chi connectivity index (χ3n) is 3.69. The first-order valence-corrected chi connectivity index (χ1v) is 7.36. The summed E-state index contributed by atoms with van der Waals surface area (Å²) >= 11 is 0. The summed E-state index contributed by atoms with van der Waals surface area (Å²) in [7, 11) is 0. The quantitative estimate of drug-likeness (QED) is 0.583. The van der Waals surface area contributed by atoms with Crippen LogP contribution in [0.2, 0.25) is 0 Å². The normalized spacial score (nSPS) is 11.0. The van der Waals surface area contributed by atoms with E-state index < -0.39 is 0 Å². The van der Waals surface area contributed by atoms with Gasteiger partial charge in [0.2, 0.25) is 0 Å². The van der Waals surface area contributed by atoms with Crippen molar-refractivity contribution < 1.29 is 0 Å². The highest BCUT2D eigenvalue weighted by molar-refractivity contribution is 5.86. The minimum absolute atomic E-state index is 1.21. The number of hydrogen-bond donors (Lipinski definition) is 0. The Labute approximate surface area is 111 Å². The fourth-order valence-electron chi connectivity index (χ4n) is 2.73. The van der Waals surface area contributed by atoms with Crippen molar-refractivity contribution in [3.63, 3.8) is 0 Å². The maximum atomic E-state index is 2.34. The van der Waals surface area contributed by atoms with Crippen LogP contribution in [0.5, 0.6) is 0 Å². The molecule has 0 N–H and O–H groups in total. The maximum absolute atomic E-state index is 2.34. The number of fused-ring (bicyclic) bond motifs is 1. The molecular weight excluding hydrogens is 216 g/mol. The van der Waals surface area contributed by atoms with E-state index >= 15 is 0 Å². The molecule has 0 nitrogen and oxygen atoms in total. The van der Waals surface area contributed by atoms with Crippen molar-refractivity contribution >= 4 is 10.8 Å². The fourth-order valence-corrected chi connectivity index (χ4v) is 2.73. The van der Waals surface area contributed by atoms with Crippen molar-refractivity contribution in [2.75, 3.05) is 0 Å². The van der Waals surface area contributed by atoms with E-state index in [1.807, 2.05) is 0 Å². The standard InChI is InChI=1S/C18H24/c1-3-5-6-11-17-15(9-4-2)13-14-16-10-7-8-12-18(16)17/h7-8,10,12-14H,3-6,9,11H2,1-2H3. The molecule has 96 valence electrons. The first-order chi connectivity index (χ1) is 8.86. The number of benzene rings is 2. The van der Waals surface area contributed by atoms with Gasteiger partial charge in [-0.3, -0.25) is 0 Å². The summed E-state index contributed by atoms with van der Waals surface area (Å²) in [5.41, 5.74) is 3.16. The first kappa shape index (κ1) is 13.1. The fraction of sp³-hybridized carbons (Fsp3) is 0.444. The molecule has 0 aliphatic heterocycles. The zero-order valence-corrected chi connectivity index (χ0v) is 11.7. The summed E-state index contributed by atoms with van der Waals surface area (Å²) < 4.78 is 0. The van der Waals surface area contributed by atoms with Crippen molar-refractivity contribution in [3.05, 3.63) is 47.5 Å². The van der Waals surface area contributed by atoms with E-state index in [2.05, 4.69) is 50.2 Å². The molecule has 0 fully saturated rings. The number of hydrogen-bond acceptors (Lipinski definition) is 0. The average molecular weight is 240 g/mol. The Balaban J connectivity index is 2.38. The van der Waals surface area contributed by atoms with Gasteiger partial charge in [0.05, 0.1) is 0 Å². The van der Waals surface area contributed by atoms with Gasteiger partial charge in [-0.15, -0.1) is 0 Å². The molecule has 0 aromatic heterocycles. The monoisotopic (exact) mass is 240 g/mol. The predicted molar refractivity (Wildman–Crippen MR) is 81.2 cm³/mol. The molecule has 0 saturated carbocycles. The highest BCUT2D eigenvalue weighted by Gasteiger charge is 2.06. The van der Waals surface area contributed by atoms with Crippen LogP contribution in [0.1, 0.15) is 50.7 Å². The minimum Gasteiger partial charge on any atom is -0.0654 e. The summed E-state index contributed by atoms with van der Waals surface area (Å²) in [5.74, 6) is 0. The predicted octanol–water partition coefficient (Wildman–Crippen LogP) is 5.53. The zero-order chi connectivity index (χ0) is 12.8. The summed E-state index contributed by atoms with van der Waals surface area (Å²) in [5, 5.41) is 2.86. The van der Waals surface area contributed by atoms with Gasteiger partial charge in [0.1, 0.15) is 0 Å². The molecule has 2 aromatic carbocycles. The van der Waals surface area contributed by atoms with Crippen LogP contribution in [0, 0.1) is 0 Å². The molecular formula is C18H24. The number of unbranched alkanes of at least 4 members (excludes halogenated alkanes) is 2. The van der Waals surface area contributed by atoms with Crippen LogP contribution in [0.4, 0.5) is 0 Å². The smallest absolute Gasteiger partial charge is 0.0149 e. The van der Waals surface area contributed by atoms with Crippen LogP contribution in [-0.4, -0.2) is 0 Å². The van der Waals surface area contributed by atoms with E-state index in [1.54, 1.807) is 11.1 Å². The van der Waals surface area contributed by atoms with E-state index in [0.717, 1.165) is 0 Å².